The summed E-state index contributed by atoms with van der Waals surface area (Å²) in [6, 6.07) is 28.2. The Morgan fingerprint density at radius 1 is 0.741 bits per heavy atom. The van der Waals surface area contributed by atoms with E-state index in [0.717, 1.165) is 11.1 Å². The lowest BCUT2D eigenvalue weighted by Crippen LogP contribution is -2.50. The zero-order chi connectivity index (χ0) is 18.6. The second-order valence-electron chi connectivity index (χ2n) is 6.49. The van der Waals surface area contributed by atoms with Gasteiger partial charge in [-0.15, -0.1) is 0 Å². The minimum Gasteiger partial charge on any atom is -0.436 e. The number of anilines is 1. The molecule has 2 unspecified atom stereocenters. The fraction of sp³-hybridized carbons (Fsp3) is 0.130. The monoisotopic (exact) mass is 357 g/mol. The molecular weight excluding hydrogens is 338 g/mol. The van der Waals surface area contributed by atoms with Gasteiger partial charge in [0.05, 0.1) is 0 Å². The summed E-state index contributed by atoms with van der Waals surface area (Å²) < 4.78 is 5.76. The predicted molar refractivity (Wildman–Crippen MR) is 103 cm³/mol. The number of rotatable bonds is 4. The first-order valence-electron chi connectivity index (χ1n) is 8.91. The number of nitrogens with zero attached hydrogens (tertiary/aromatic N) is 1. The number of hydrogen-bond acceptors (Lipinski definition) is 3. The highest BCUT2D eigenvalue weighted by Gasteiger charge is 2.44. The Morgan fingerprint density at radius 3 is 1.93 bits per heavy atom. The molecule has 3 aromatic rings. The molecule has 134 valence electrons. The molecule has 0 spiro atoms. The third-order valence-corrected chi connectivity index (χ3v) is 4.68. The number of hydrogen-bond donors (Lipinski definition) is 0. The summed E-state index contributed by atoms with van der Waals surface area (Å²) in [6.45, 7) is 0. The second-order valence-corrected chi connectivity index (χ2v) is 6.49. The highest BCUT2D eigenvalue weighted by atomic mass is 16.6. The van der Waals surface area contributed by atoms with E-state index in [2.05, 4.69) is 0 Å². The van der Waals surface area contributed by atoms with Crippen LogP contribution in [0.25, 0.3) is 0 Å². The van der Waals surface area contributed by atoms with Crippen LogP contribution in [-0.2, 0) is 20.7 Å². The van der Waals surface area contributed by atoms with Crippen LogP contribution in [0.15, 0.2) is 91.0 Å². The van der Waals surface area contributed by atoms with Gasteiger partial charge in [0.1, 0.15) is 5.92 Å². The van der Waals surface area contributed by atoms with Gasteiger partial charge in [0.15, 0.2) is 0 Å². The van der Waals surface area contributed by atoms with Crippen LogP contribution < -0.4 is 4.90 Å². The maximum absolute atomic E-state index is 13.3. The van der Waals surface area contributed by atoms with Crippen LogP contribution >= 0.6 is 0 Å². The van der Waals surface area contributed by atoms with Crippen LogP contribution in [0, 0.1) is 5.92 Å². The van der Waals surface area contributed by atoms with E-state index in [0.29, 0.717) is 12.1 Å². The molecule has 4 heteroatoms. The van der Waals surface area contributed by atoms with Crippen molar-refractivity contribution in [2.45, 2.75) is 12.6 Å². The molecule has 2 atom stereocenters. The molecule has 3 aromatic carbocycles. The molecule has 1 aliphatic heterocycles. The third-order valence-electron chi connectivity index (χ3n) is 4.68. The van der Waals surface area contributed by atoms with E-state index in [1.54, 1.807) is 4.90 Å². The predicted octanol–water partition coefficient (Wildman–Crippen LogP) is 4.13. The van der Waals surface area contributed by atoms with Crippen molar-refractivity contribution in [1.82, 2.24) is 0 Å². The fourth-order valence-corrected chi connectivity index (χ4v) is 3.34. The highest BCUT2D eigenvalue weighted by molar-refractivity contribution is 6.08. The average Bonchev–Trinajstić information content (AvgIpc) is 2.73. The summed E-state index contributed by atoms with van der Waals surface area (Å²) in [7, 11) is 0. The Labute approximate surface area is 158 Å². The van der Waals surface area contributed by atoms with Crippen LogP contribution in [0.2, 0.25) is 0 Å². The molecule has 0 N–H and O–H groups in total. The summed E-state index contributed by atoms with van der Waals surface area (Å²) >= 11 is 0. The Hall–Kier alpha value is -3.40. The number of carbonyl (C=O) groups is 2. The molecule has 27 heavy (non-hydrogen) atoms. The van der Waals surface area contributed by atoms with Crippen LogP contribution in [0.1, 0.15) is 17.4 Å². The third kappa shape index (κ3) is 3.47. The summed E-state index contributed by atoms with van der Waals surface area (Å²) in [5.74, 6) is -1.58. The summed E-state index contributed by atoms with van der Waals surface area (Å²) in [5.41, 5.74) is 2.40. The molecular formula is C23H19NO3. The average molecular weight is 357 g/mol. The lowest BCUT2D eigenvalue weighted by Gasteiger charge is -2.38. The number of para-hydroxylation sites is 1. The molecule has 0 radical (unpaired) electrons. The molecule has 1 fully saturated rings. The Morgan fingerprint density at radius 2 is 1.30 bits per heavy atom. The van der Waals surface area contributed by atoms with Gasteiger partial charge in [0.2, 0.25) is 12.1 Å². The molecule has 4 rings (SSSR count). The Kier molecular flexibility index (Phi) is 4.71. The highest BCUT2D eigenvalue weighted by Crippen LogP contribution is 2.35. The standard InChI is InChI=1S/C23H19NO3/c25-21-20(16-17-10-4-1-5-11-17)23(26)27-22(18-12-6-2-7-13-18)24(21)19-14-8-3-9-15-19/h1-15,20,22H,16H2. The van der Waals surface area contributed by atoms with Crippen molar-refractivity contribution < 1.29 is 14.3 Å². The topological polar surface area (TPSA) is 46.6 Å². The molecule has 1 heterocycles. The fourth-order valence-electron chi connectivity index (χ4n) is 3.34. The van der Waals surface area contributed by atoms with Crippen LogP contribution in [0.5, 0.6) is 0 Å². The van der Waals surface area contributed by atoms with Gasteiger partial charge in [-0.05, 0) is 24.1 Å². The molecule has 1 saturated heterocycles. The van der Waals surface area contributed by atoms with Gasteiger partial charge in [0, 0.05) is 11.3 Å². The summed E-state index contributed by atoms with van der Waals surface area (Å²) in [4.78, 5) is 27.6. The van der Waals surface area contributed by atoms with Crippen molar-refractivity contribution in [2.24, 2.45) is 5.92 Å². The van der Waals surface area contributed by atoms with Crippen molar-refractivity contribution in [3.63, 3.8) is 0 Å². The zero-order valence-electron chi connectivity index (χ0n) is 14.7. The maximum atomic E-state index is 13.3. The largest absolute Gasteiger partial charge is 0.436 e. The molecule has 4 nitrogen and oxygen atoms in total. The van der Waals surface area contributed by atoms with E-state index in [9.17, 15) is 9.59 Å². The normalized spacial score (nSPS) is 19.6. The van der Waals surface area contributed by atoms with E-state index in [-0.39, 0.29) is 5.91 Å². The second kappa shape index (κ2) is 7.46. The lowest BCUT2D eigenvalue weighted by atomic mass is 9.95. The van der Waals surface area contributed by atoms with Gasteiger partial charge in [-0.1, -0.05) is 78.9 Å². The van der Waals surface area contributed by atoms with Gasteiger partial charge in [-0.3, -0.25) is 14.5 Å². The first kappa shape index (κ1) is 17.0. The molecule has 0 aromatic heterocycles. The van der Waals surface area contributed by atoms with E-state index < -0.39 is 18.1 Å². The first-order valence-corrected chi connectivity index (χ1v) is 8.91. The van der Waals surface area contributed by atoms with Gasteiger partial charge in [0.25, 0.3) is 0 Å². The van der Waals surface area contributed by atoms with Gasteiger partial charge in [-0.25, -0.2) is 0 Å². The van der Waals surface area contributed by atoms with E-state index >= 15 is 0 Å². The number of esters is 1. The molecule has 1 aliphatic rings. The molecule has 0 bridgehead atoms. The molecule has 1 amide bonds. The van der Waals surface area contributed by atoms with Gasteiger partial charge < -0.3 is 4.74 Å². The van der Waals surface area contributed by atoms with Crippen LogP contribution in [-0.4, -0.2) is 11.9 Å². The first-order chi connectivity index (χ1) is 13.2. The number of ether oxygens (including phenoxy) is 1. The smallest absolute Gasteiger partial charge is 0.321 e. The van der Waals surface area contributed by atoms with Crippen LogP contribution in [0.4, 0.5) is 5.69 Å². The summed E-state index contributed by atoms with van der Waals surface area (Å²) in [5, 5.41) is 0. The maximum Gasteiger partial charge on any atom is 0.321 e. The SMILES string of the molecule is O=C1OC(c2ccccc2)N(c2ccccc2)C(=O)C1Cc1ccccc1. The Balaban J connectivity index is 1.72. The van der Waals surface area contributed by atoms with Crippen molar-refractivity contribution in [3.8, 4) is 0 Å². The van der Waals surface area contributed by atoms with Gasteiger partial charge in [-0.2, -0.15) is 0 Å². The zero-order valence-corrected chi connectivity index (χ0v) is 14.7. The summed E-state index contributed by atoms with van der Waals surface area (Å²) in [6.07, 6.45) is -0.441. The van der Waals surface area contributed by atoms with Crippen molar-refractivity contribution >= 4 is 17.6 Å². The minimum atomic E-state index is -0.854. The molecule has 0 aliphatic carbocycles. The molecule has 0 saturated carbocycles. The van der Waals surface area contributed by atoms with Crippen molar-refractivity contribution in [1.29, 1.82) is 0 Å². The lowest BCUT2D eigenvalue weighted by molar-refractivity contribution is -0.164. The number of carbonyl (C=O) groups excluding carboxylic acids is 2. The van der Waals surface area contributed by atoms with E-state index in [1.807, 2.05) is 91.0 Å². The number of cyclic esters (lactones) is 1. The van der Waals surface area contributed by atoms with E-state index in [4.69, 9.17) is 4.74 Å². The van der Waals surface area contributed by atoms with Crippen molar-refractivity contribution in [3.05, 3.63) is 102 Å². The number of amides is 1. The van der Waals surface area contributed by atoms with Crippen molar-refractivity contribution in [2.75, 3.05) is 4.90 Å². The van der Waals surface area contributed by atoms with Gasteiger partial charge >= 0.3 is 5.97 Å². The van der Waals surface area contributed by atoms with E-state index in [1.165, 1.54) is 0 Å². The minimum absolute atomic E-state index is 0.241. The van der Waals surface area contributed by atoms with Crippen LogP contribution in [0.3, 0.4) is 0 Å². The number of benzene rings is 3. The quantitative estimate of drug-likeness (QED) is 0.521. The Bertz CT molecular complexity index is 926.